The number of pyridine rings is 1. The highest BCUT2D eigenvalue weighted by molar-refractivity contribution is 5.93. The number of nitrogens with zero attached hydrogens (tertiary/aromatic N) is 2. The molecule has 3 rings (SSSR count). The molecule has 0 aliphatic rings. The van der Waals surface area contributed by atoms with Crippen LogP contribution in [0.5, 0.6) is 11.5 Å². The average molecular weight is 418 g/mol. The average Bonchev–Trinajstić information content (AvgIpc) is 2.74. The van der Waals surface area contributed by atoms with E-state index in [4.69, 9.17) is 4.74 Å². The zero-order chi connectivity index (χ0) is 22.1. The topological polar surface area (TPSA) is 83.6 Å². The minimum Gasteiger partial charge on any atom is -0.455 e. The number of benzene rings is 2. The zero-order valence-electron chi connectivity index (χ0n) is 17.7. The monoisotopic (exact) mass is 418 g/mol. The van der Waals surface area contributed by atoms with E-state index in [0.29, 0.717) is 29.5 Å². The lowest BCUT2D eigenvalue weighted by molar-refractivity contribution is -0.119. The number of aryl methyl sites for hydroxylation is 1. The number of likely N-dealkylation sites (N-methyl/N-ethyl adjacent to an activating group) is 1. The molecule has 160 valence electrons. The van der Waals surface area contributed by atoms with Gasteiger partial charge >= 0.3 is 0 Å². The SMILES string of the molecule is Cc1cccc(NC(=O)CN(C)CCC(=O)Nc2ccccc2Oc2ccccc2)n1. The van der Waals surface area contributed by atoms with Gasteiger partial charge in [0.1, 0.15) is 11.6 Å². The number of ether oxygens (including phenoxy) is 1. The van der Waals surface area contributed by atoms with Crippen molar-refractivity contribution < 1.29 is 14.3 Å². The van der Waals surface area contributed by atoms with Gasteiger partial charge in [-0.05, 0) is 50.4 Å². The summed E-state index contributed by atoms with van der Waals surface area (Å²) in [6.07, 6.45) is 0.242. The first-order chi connectivity index (χ1) is 15.0. The molecule has 0 radical (unpaired) electrons. The zero-order valence-corrected chi connectivity index (χ0v) is 17.7. The van der Waals surface area contributed by atoms with E-state index in [1.807, 2.05) is 61.5 Å². The molecule has 7 nitrogen and oxygen atoms in total. The Morgan fingerprint density at radius 1 is 0.903 bits per heavy atom. The van der Waals surface area contributed by atoms with Crippen molar-refractivity contribution in [3.8, 4) is 11.5 Å². The number of aromatic nitrogens is 1. The summed E-state index contributed by atoms with van der Waals surface area (Å²) in [4.78, 5) is 30.7. The fourth-order valence-electron chi connectivity index (χ4n) is 2.90. The Morgan fingerprint density at radius 3 is 2.42 bits per heavy atom. The van der Waals surface area contributed by atoms with Gasteiger partial charge in [-0.25, -0.2) is 4.98 Å². The molecule has 7 heteroatoms. The minimum absolute atomic E-state index is 0.156. The van der Waals surface area contributed by atoms with E-state index < -0.39 is 0 Å². The summed E-state index contributed by atoms with van der Waals surface area (Å²) < 4.78 is 5.87. The Kier molecular flexibility index (Phi) is 7.73. The highest BCUT2D eigenvalue weighted by Crippen LogP contribution is 2.29. The number of carbonyl (C=O) groups excluding carboxylic acids is 2. The molecule has 3 aromatic rings. The van der Waals surface area contributed by atoms with Gasteiger partial charge in [0.2, 0.25) is 11.8 Å². The predicted molar refractivity (Wildman–Crippen MR) is 121 cm³/mol. The van der Waals surface area contributed by atoms with Crippen LogP contribution in [0.3, 0.4) is 0 Å². The first-order valence-corrected chi connectivity index (χ1v) is 10.0. The summed E-state index contributed by atoms with van der Waals surface area (Å²) in [5, 5.41) is 5.65. The Bertz CT molecular complexity index is 1020. The van der Waals surface area contributed by atoms with Gasteiger partial charge in [-0.2, -0.15) is 0 Å². The Balaban J connectivity index is 1.47. The van der Waals surface area contributed by atoms with Crippen LogP contribution in [-0.2, 0) is 9.59 Å². The van der Waals surface area contributed by atoms with Crippen molar-refractivity contribution in [1.29, 1.82) is 0 Å². The molecule has 0 aliphatic heterocycles. The molecule has 0 spiro atoms. The fourth-order valence-corrected chi connectivity index (χ4v) is 2.90. The van der Waals surface area contributed by atoms with Gasteiger partial charge in [0, 0.05) is 18.7 Å². The second-order valence-electron chi connectivity index (χ2n) is 7.16. The third-order valence-corrected chi connectivity index (χ3v) is 4.42. The second kappa shape index (κ2) is 10.9. The van der Waals surface area contributed by atoms with Crippen LogP contribution in [0.1, 0.15) is 12.1 Å². The smallest absolute Gasteiger partial charge is 0.239 e. The molecule has 0 bridgehead atoms. The van der Waals surface area contributed by atoms with Crippen molar-refractivity contribution in [1.82, 2.24) is 9.88 Å². The lowest BCUT2D eigenvalue weighted by Crippen LogP contribution is -2.32. The molecule has 0 aliphatic carbocycles. The maximum atomic E-state index is 12.4. The van der Waals surface area contributed by atoms with Gasteiger partial charge < -0.3 is 15.4 Å². The molecule has 0 unspecified atom stereocenters. The van der Waals surface area contributed by atoms with Crippen LogP contribution >= 0.6 is 0 Å². The number of hydrogen-bond acceptors (Lipinski definition) is 5. The van der Waals surface area contributed by atoms with Gasteiger partial charge in [-0.15, -0.1) is 0 Å². The van der Waals surface area contributed by atoms with Gasteiger partial charge in [0.15, 0.2) is 5.75 Å². The van der Waals surface area contributed by atoms with Crippen LogP contribution in [0.4, 0.5) is 11.5 Å². The molecule has 2 aromatic carbocycles. The van der Waals surface area contributed by atoms with E-state index >= 15 is 0 Å². The number of carbonyl (C=O) groups is 2. The number of amides is 2. The van der Waals surface area contributed by atoms with E-state index in [-0.39, 0.29) is 24.8 Å². The molecular weight excluding hydrogens is 392 g/mol. The molecular formula is C24H26N4O3. The normalized spacial score (nSPS) is 10.5. The lowest BCUT2D eigenvalue weighted by Gasteiger charge is -2.16. The van der Waals surface area contributed by atoms with Crippen molar-refractivity contribution in [2.75, 3.05) is 30.8 Å². The Hall–Kier alpha value is -3.71. The van der Waals surface area contributed by atoms with Crippen molar-refractivity contribution in [2.45, 2.75) is 13.3 Å². The Morgan fingerprint density at radius 2 is 1.65 bits per heavy atom. The lowest BCUT2D eigenvalue weighted by atomic mass is 10.2. The molecule has 0 fully saturated rings. The summed E-state index contributed by atoms with van der Waals surface area (Å²) >= 11 is 0. The quantitative estimate of drug-likeness (QED) is 0.547. The molecule has 1 heterocycles. The number of rotatable bonds is 9. The van der Waals surface area contributed by atoms with Crippen LogP contribution in [0.15, 0.2) is 72.8 Å². The maximum absolute atomic E-state index is 12.4. The van der Waals surface area contributed by atoms with Crippen molar-refractivity contribution in [3.05, 3.63) is 78.5 Å². The van der Waals surface area contributed by atoms with E-state index in [1.165, 1.54) is 0 Å². The minimum atomic E-state index is -0.178. The maximum Gasteiger partial charge on any atom is 0.239 e. The van der Waals surface area contributed by atoms with Crippen LogP contribution in [0.25, 0.3) is 0 Å². The van der Waals surface area contributed by atoms with Crippen LogP contribution in [0, 0.1) is 6.92 Å². The first-order valence-electron chi connectivity index (χ1n) is 10.0. The number of hydrogen-bond donors (Lipinski definition) is 2. The van der Waals surface area contributed by atoms with E-state index in [9.17, 15) is 9.59 Å². The van der Waals surface area contributed by atoms with Crippen molar-refractivity contribution in [3.63, 3.8) is 0 Å². The summed E-state index contributed by atoms with van der Waals surface area (Å²) in [6, 6.07) is 22.1. The van der Waals surface area contributed by atoms with E-state index in [0.717, 1.165) is 5.69 Å². The van der Waals surface area contributed by atoms with Gasteiger partial charge in [0.25, 0.3) is 0 Å². The van der Waals surface area contributed by atoms with Gasteiger partial charge in [0.05, 0.1) is 12.2 Å². The van der Waals surface area contributed by atoms with Crippen LogP contribution < -0.4 is 15.4 Å². The first kappa shape index (κ1) is 22.0. The molecule has 0 saturated heterocycles. The summed E-state index contributed by atoms with van der Waals surface area (Å²) in [5.41, 5.74) is 1.43. The third-order valence-electron chi connectivity index (χ3n) is 4.42. The number of para-hydroxylation sites is 3. The van der Waals surface area contributed by atoms with E-state index in [1.54, 1.807) is 30.1 Å². The molecule has 0 saturated carbocycles. The van der Waals surface area contributed by atoms with E-state index in [2.05, 4.69) is 15.6 Å². The van der Waals surface area contributed by atoms with Crippen LogP contribution in [-0.4, -0.2) is 41.8 Å². The van der Waals surface area contributed by atoms with Crippen molar-refractivity contribution >= 4 is 23.3 Å². The standard InChI is InChI=1S/C24H26N4O3/c1-18-9-8-14-22(25-18)27-24(30)17-28(2)16-15-23(29)26-20-12-6-7-13-21(20)31-19-10-4-3-5-11-19/h3-14H,15-17H2,1-2H3,(H,26,29)(H,25,27,30). The van der Waals surface area contributed by atoms with Crippen LogP contribution in [0.2, 0.25) is 0 Å². The van der Waals surface area contributed by atoms with Crippen molar-refractivity contribution in [2.24, 2.45) is 0 Å². The summed E-state index contributed by atoms with van der Waals surface area (Å²) in [7, 11) is 1.79. The molecule has 1 aromatic heterocycles. The summed E-state index contributed by atoms with van der Waals surface area (Å²) in [5.74, 6) is 1.45. The Labute approximate surface area is 182 Å². The molecule has 31 heavy (non-hydrogen) atoms. The fraction of sp³-hybridized carbons (Fsp3) is 0.208. The van der Waals surface area contributed by atoms with Gasteiger partial charge in [-0.1, -0.05) is 36.4 Å². The number of nitrogens with one attached hydrogen (secondary N) is 2. The number of anilines is 2. The predicted octanol–water partition coefficient (Wildman–Crippen LogP) is 4.08. The molecule has 2 N–H and O–H groups in total. The second-order valence-corrected chi connectivity index (χ2v) is 7.16. The largest absolute Gasteiger partial charge is 0.455 e. The molecule has 0 atom stereocenters. The summed E-state index contributed by atoms with van der Waals surface area (Å²) in [6.45, 7) is 2.46. The third kappa shape index (κ3) is 7.24. The molecule has 2 amide bonds. The highest BCUT2D eigenvalue weighted by atomic mass is 16.5. The highest BCUT2D eigenvalue weighted by Gasteiger charge is 2.12. The van der Waals surface area contributed by atoms with Gasteiger partial charge in [-0.3, -0.25) is 14.5 Å².